The number of hydrogen-bond acceptors (Lipinski definition) is 2. The second-order valence-corrected chi connectivity index (χ2v) is 1.83. The van der Waals surface area contributed by atoms with Gasteiger partial charge in [-0.05, 0) is 6.92 Å². The van der Waals surface area contributed by atoms with Gasteiger partial charge in [-0.15, -0.1) is 0 Å². The highest BCUT2D eigenvalue weighted by atomic mass is 16.2. The lowest BCUT2D eigenvalue weighted by atomic mass is 10.4. The van der Waals surface area contributed by atoms with Gasteiger partial charge in [0.25, 0.3) is 0 Å². The zero-order chi connectivity index (χ0) is 7.28. The molecule has 0 aliphatic carbocycles. The third-order valence-corrected chi connectivity index (χ3v) is 0.856. The molecule has 0 aromatic rings. The number of carbonyl (C=O) groups excluding carboxylic acids is 2. The summed E-state index contributed by atoms with van der Waals surface area (Å²) >= 11 is 0. The molecule has 0 saturated carbocycles. The van der Waals surface area contributed by atoms with Crippen molar-refractivity contribution in [3.63, 3.8) is 0 Å². The number of ketones is 1. The van der Waals surface area contributed by atoms with E-state index < -0.39 is 0 Å². The van der Waals surface area contributed by atoms with Gasteiger partial charge in [0.15, 0.2) is 0 Å². The SMILES string of the molecule is CCC(=O)NCC(C)=O. The highest BCUT2D eigenvalue weighted by Gasteiger charge is 1.96. The van der Waals surface area contributed by atoms with Gasteiger partial charge in [-0.1, -0.05) is 6.92 Å². The van der Waals surface area contributed by atoms with Crippen LogP contribution >= 0.6 is 0 Å². The quantitative estimate of drug-likeness (QED) is 0.587. The van der Waals surface area contributed by atoms with Gasteiger partial charge in [0, 0.05) is 6.42 Å². The summed E-state index contributed by atoms with van der Waals surface area (Å²) in [6, 6.07) is 0. The molecule has 0 fully saturated rings. The molecule has 3 heteroatoms. The predicted molar refractivity (Wildman–Crippen MR) is 34.0 cm³/mol. The molecular weight excluding hydrogens is 118 g/mol. The van der Waals surface area contributed by atoms with Gasteiger partial charge in [-0.3, -0.25) is 9.59 Å². The van der Waals surface area contributed by atoms with Crippen LogP contribution in [0.3, 0.4) is 0 Å². The normalized spacial score (nSPS) is 8.67. The third kappa shape index (κ3) is 5.00. The maximum Gasteiger partial charge on any atom is 0.220 e. The summed E-state index contributed by atoms with van der Waals surface area (Å²) in [7, 11) is 0. The Balaban J connectivity index is 3.28. The van der Waals surface area contributed by atoms with E-state index in [9.17, 15) is 9.59 Å². The van der Waals surface area contributed by atoms with Crippen LogP contribution in [0.5, 0.6) is 0 Å². The Morgan fingerprint density at radius 1 is 1.44 bits per heavy atom. The number of carbonyl (C=O) groups is 2. The minimum atomic E-state index is -0.0785. The Hall–Kier alpha value is -0.860. The van der Waals surface area contributed by atoms with E-state index in [2.05, 4.69) is 5.32 Å². The van der Waals surface area contributed by atoms with E-state index in [4.69, 9.17) is 0 Å². The fraction of sp³-hybridized carbons (Fsp3) is 0.667. The molecule has 0 spiro atoms. The Kier molecular flexibility index (Phi) is 3.67. The molecule has 9 heavy (non-hydrogen) atoms. The summed E-state index contributed by atoms with van der Waals surface area (Å²) in [6.07, 6.45) is 0.438. The topological polar surface area (TPSA) is 46.2 Å². The first kappa shape index (κ1) is 8.14. The van der Waals surface area contributed by atoms with Crippen molar-refractivity contribution in [3.05, 3.63) is 0 Å². The molecule has 1 N–H and O–H groups in total. The van der Waals surface area contributed by atoms with Crippen LogP contribution in [-0.2, 0) is 9.59 Å². The van der Waals surface area contributed by atoms with E-state index in [1.165, 1.54) is 6.92 Å². The first-order valence-corrected chi connectivity index (χ1v) is 2.93. The molecule has 52 valence electrons. The molecule has 0 rings (SSSR count). The fourth-order valence-corrected chi connectivity index (χ4v) is 0.348. The smallest absolute Gasteiger partial charge is 0.220 e. The molecule has 0 radical (unpaired) electrons. The van der Waals surface area contributed by atoms with E-state index in [1.807, 2.05) is 0 Å². The summed E-state index contributed by atoms with van der Waals surface area (Å²) in [5, 5.41) is 2.44. The van der Waals surface area contributed by atoms with E-state index in [0.717, 1.165) is 0 Å². The maximum atomic E-state index is 10.5. The molecule has 0 aromatic heterocycles. The molecular formula is C6H11NO2. The lowest BCUT2D eigenvalue weighted by Crippen LogP contribution is -2.27. The van der Waals surface area contributed by atoms with Crippen molar-refractivity contribution in [2.45, 2.75) is 20.3 Å². The van der Waals surface area contributed by atoms with Crippen LogP contribution in [0.2, 0.25) is 0 Å². The van der Waals surface area contributed by atoms with Crippen molar-refractivity contribution in [3.8, 4) is 0 Å². The van der Waals surface area contributed by atoms with Crippen LogP contribution in [0.4, 0.5) is 0 Å². The number of Topliss-reactive ketones (excluding diaryl/α,β-unsaturated/α-hetero) is 1. The average molecular weight is 129 g/mol. The molecule has 0 aromatic carbocycles. The summed E-state index contributed by atoms with van der Waals surface area (Å²) in [5.74, 6) is -0.0954. The largest absolute Gasteiger partial charge is 0.349 e. The molecule has 1 amide bonds. The standard InChI is InChI=1S/C6H11NO2/c1-3-6(9)7-4-5(2)8/h3-4H2,1-2H3,(H,7,9). The lowest BCUT2D eigenvalue weighted by Gasteiger charge is -1.96. The van der Waals surface area contributed by atoms with Crippen LogP contribution in [0, 0.1) is 0 Å². The molecule has 0 aliphatic heterocycles. The van der Waals surface area contributed by atoms with Crippen molar-refractivity contribution in [2.24, 2.45) is 0 Å². The minimum Gasteiger partial charge on any atom is -0.349 e. The second kappa shape index (κ2) is 4.06. The van der Waals surface area contributed by atoms with Crippen LogP contribution in [0.25, 0.3) is 0 Å². The van der Waals surface area contributed by atoms with E-state index in [-0.39, 0.29) is 18.2 Å². The first-order chi connectivity index (χ1) is 4.16. The van der Waals surface area contributed by atoms with Crippen molar-refractivity contribution in [1.29, 1.82) is 0 Å². The van der Waals surface area contributed by atoms with Crippen LogP contribution in [-0.4, -0.2) is 18.2 Å². The maximum absolute atomic E-state index is 10.5. The first-order valence-electron chi connectivity index (χ1n) is 2.93. The van der Waals surface area contributed by atoms with Gasteiger partial charge in [-0.2, -0.15) is 0 Å². The van der Waals surface area contributed by atoms with Gasteiger partial charge >= 0.3 is 0 Å². The van der Waals surface area contributed by atoms with E-state index in [1.54, 1.807) is 6.92 Å². The van der Waals surface area contributed by atoms with Gasteiger partial charge in [0.1, 0.15) is 5.78 Å². The van der Waals surface area contributed by atoms with Crippen molar-refractivity contribution >= 4 is 11.7 Å². The highest BCUT2D eigenvalue weighted by molar-refractivity contribution is 5.84. The number of amides is 1. The molecule has 0 atom stereocenters. The van der Waals surface area contributed by atoms with Crippen LogP contribution in [0.1, 0.15) is 20.3 Å². The average Bonchev–Trinajstić information content (AvgIpc) is 1.83. The summed E-state index contributed by atoms with van der Waals surface area (Å²) in [6.45, 7) is 3.35. The summed E-state index contributed by atoms with van der Waals surface area (Å²) in [4.78, 5) is 20.7. The lowest BCUT2D eigenvalue weighted by molar-refractivity contribution is -0.124. The molecule has 0 aliphatic rings. The minimum absolute atomic E-state index is 0.0169. The number of rotatable bonds is 3. The Bertz CT molecular complexity index is 120. The van der Waals surface area contributed by atoms with E-state index in [0.29, 0.717) is 6.42 Å². The predicted octanol–water partition coefficient (Wildman–Crippen LogP) is 0.102. The fourth-order valence-electron chi connectivity index (χ4n) is 0.348. The van der Waals surface area contributed by atoms with Crippen molar-refractivity contribution < 1.29 is 9.59 Å². The van der Waals surface area contributed by atoms with Gasteiger partial charge in [-0.25, -0.2) is 0 Å². The Labute approximate surface area is 54.4 Å². The molecule has 0 bridgehead atoms. The summed E-state index contributed by atoms with van der Waals surface area (Å²) in [5.41, 5.74) is 0. The second-order valence-electron chi connectivity index (χ2n) is 1.83. The van der Waals surface area contributed by atoms with Gasteiger partial charge < -0.3 is 5.32 Å². The molecule has 3 nitrogen and oxygen atoms in total. The van der Waals surface area contributed by atoms with Crippen LogP contribution < -0.4 is 5.32 Å². The monoisotopic (exact) mass is 129 g/mol. The van der Waals surface area contributed by atoms with Crippen molar-refractivity contribution in [2.75, 3.05) is 6.54 Å². The van der Waals surface area contributed by atoms with Crippen molar-refractivity contribution in [1.82, 2.24) is 5.32 Å². The zero-order valence-corrected chi connectivity index (χ0v) is 5.73. The molecule has 0 saturated heterocycles. The van der Waals surface area contributed by atoms with Gasteiger partial charge in [0.2, 0.25) is 5.91 Å². The molecule has 0 heterocycles. The van der Waals surface area contributed by atoms with Gasteiger partial charge in [0.05, 0.1) is 6.54 Å². The zero-order valence-electron chi connectivity index (χ0n) is 5.73. The molecule has 0 unspecified atom stereocenters. The number of nitrogens with one attached hydrogen (secondary N) is 1. The van der Waals surface area contributed by atoms with E-state index >= 15 is 0 Å². The highest BCUT2D eigenvalue weighted by Crippen LogP contribution is 1.73. The van der Waals surface area contributed by atoms with Crippen LogP contribution in [0.15, 0.2) is 0 Å². The summed E-state index contributed by atoms with van der Waals surface area (Å²) < 4.78 is 0. The Morgan fingerprint density at radius 2 is 2.00 bits per heavy atom. The third-order valence-electron chi connectivity index (χ3n) is 0.856. The Morgan fingerprint density at radius 3 is 2.33 bits per heavy atom. The number of hydrogen-bond donors (Lipinski definition) is 1.